The molecule has 0 saturated heterocycles. The molecule has 0 aliphatic rings. The van der Waals surface area contributed by atoms with Crippen LogP contribution in [0.3, 0.4) is 0 Å². The molecule has 0 aliphatic carbocycles. The monoisotopic (exact) mass is 359 g/mol. The van der Waals surface area contributed by atoms with Gasteiger partial charge in [-0.2, -0.15) is 0 Å². The second kappa shape index (κ2) is 7.41. The molecule has 0 aliphatic heterocycles. The summed E-state index contributed by atoms with van der Waals surface area (Å²) in [5.41, 5.74) is 3.25. The van der Waals surface area contributed by atoms with Crippen molar-refractivity contribution >= 4 is 5.69 Å². The van der Waals surface area contributed by atoms with Gasteiger partial charge in [0.2, 0.25) is 11.8 Å². The van der Waals surface area contributed by atoms with Crippen molar-refractivity contribution in [3.63, 3.8) is 0 Å². The van der Waals surface area contributed by atoms with Crippen LogP contribution in [0.1, 0.15) is 23.1 Å². The highest BCUT2D eigenvalue weighted by Gasteiger charge is 2.24. The predicted octanol–water partition coefficient (Wildman–Crippen LogP) is 5.39. The van der Waals surface area contributed by atoms with Crippen LogP contribution in [0.15, 0.2) is 83.3 Å². The molecule has 1 N–H and O–H groups in total. The summed E-state index contributed by atoms with van der Waals surface area (Å²) >= 11 is 0. The van der Waals surface area contributed by atoms with E-state index in [1.54, 1.807) is 18.2 Å². The Morgan fingerprint density at radius 2 is 1.56 bits per heavy atom. The summed E-state index contributed by atoms with van der Waals surface area (Å²) in [7, 11) is 0. The standard InChI is InChI=1S/C22H18FN3O/c1-15-11-13-17(14-12-15)24-20(18-9-5-6-10-19(18)23)22-26-25-21(27-22)16-7-3-2-4-8-16/h2-14,20,24H,1H3/t20-/m0/s1. The van der Waals surface area contributed by atoms with Crippen LogP contribution in [0.4, 0.5) is 10.1 Å². The van der Waals surface area contributed by atoms with E-state index in [9.17, 15) is 4.39 Å². The lowest BCUT2D eigenvalue weighted by molar-refractivity contribution is 0.485. The Kier molecular flexibility index (Phi) is 4.66. The first-order valence-corrected chi connectivity index (χ1v) is 8.67. The topological polar surface area (TPSA) is 51.0 Å². The van der Waals surface area contributed by atoms with Gasteiger partial charge in [0.15, 0.2) is 0 Å². The van der Waals surface area contributed by atoms with Crippen molar-refractivity contribution in [3.05, 3.63) is 102 Å². The zero-order valence-corrected chi connectivity index (χ0v) is 14.8. The molecule has 0 spiro atoms. The van der Waals surface area contributed by atoms with Gasteiger partial charge in [-0.3, -0.25) is 0 Å². The van der Waals surface area contributed by atoms with E-state index in [4.69, 9.17) is 4.42 Å². The van der Waals surface area contributed by atoms with E-state index in [2.05, 4.69) is 15.5 Å². The third-order valence-corrected chi connectivity index (χ3v) is 4.29. The van der Waals surface area contributed by atoms with Crippen LogP contribution in [0.25, 0.3) is 11.5 Å². The Morgan fingerprint density at radius 1 is 0.852 bits per heavy atom. The van der Waals surface area contributed by atoms with Crippen LogP contribution in [0.2, 0.25) is 0 Å². The van der Waals surface area contributed by atoms with Gasteiger partial charge < -0.3 is 9.73 Å². The van der Waals surface area contributed by atoms with E-state index in [-0.39, 0.29) is 5.82 Å². The second-order valence-electron chi connectivity index (χ2n) is 6.28. The summed E-state index contributed by atoms with van der Waals surface area (Å²) in [6.07, 6.45) is 0. The predicted molar refractivity (Wildman–Crippen MR) is 103 cm³/mol. The zero-order chi connectivity index (χ0) is 18.6. The molecule has 1 heterocycles. The molecule has 134 valence electrons. The maximum atomic E-state index is 14.5. The minimum atomic E-state index is -0.598. The van der Waals surface area contributed by atoms with Gasteiger partial charge >= 0.3 is 0 Å². The van der Waals surface area contributed by atoms with Crippen molar-refractivity contribution in [1.29, 1.82) is 0 Å². The fourth-order valence-electron chi connectivity index (χ4n) is 2.85. The van der Waals surface area contributed by atoms with Gasteiger partial charge in [0, 0.05) is 16.8 Å². The lowest BCUT2D eigenvalue weighted by atomic mass is 10.1. The second-order valence-corrected chi connectivity index (χ2v) is 6.28. The molecule has 1 atom stereocenters. The van der Waals surface area contributed by atoms with Crippen LogP contribution in [-0.4, -0.2) is 10.2 Å². The van der Waals surface area contributed by atoms with E-state index in [1.807, 2.05) is 61.5 Å². The van der Waals surface area contributed by atoms with Crippen molar-refractivity contribution in [2.24, 2.45) is 0 Å². The maximum absolute atomic E-state index is 14.5. The van der Waals surface area contributed by atoms with E-state index in [1.165, 1.54) is 6.07 Å². The minimum Gasteiger partial charge on any atom is -0.418 e. The third kappa shape index (κ3) is 3.72. The summed E-state index contributed by atoms with van der Waals surface area (Å²) < 4.78 is 20.4. The SMILES string of the molecule is Cc1ccc(N[C@H](c2nnc(-c3ccccc3)o2)c2ccccc2F)cc1. The van der Waals surface area contributed by atoms with E-state index in [0.29, 0.717) is 17.3 Å². The molecule has 4 nitrogen and oxygen atoms in total. The first-order chi connectivity index (χ1) is 13.2. The molecule has 0 radical (unpaired) electrons. The number of nitrogens with zero attached hydrogens (tertiary/aromatic N) is 2. The quantitative estimate of drug-likeness (QED) is 0.519. The average Bonchev–Trinajstić information content (AvgIpc) is 3.19. The summed E-state index contributed by atoms with van der Waals surface area (Å²) in [4.78, 5) is 0. The first kappa shape index (κ1) is 17.0. The smallest absolute Gasteiger partial charge is 0.247 e. The Balaban J connectivity index is 1.73. The lowest BCUT2D eigenvalue weighted by Crippen LogP contribution is -2.14. The Hall–Kier alpha value is -3.47. The van der Waals surface area contributed by atoms with Crippen LogP contribution < -0.4 is 5.32 Å². The largest absolute Gasteiger partial charge is 0.418 e. The maximum Gasteiger partial charge on any atom is 0.247 e. The van der Waals surface area contributed by atoms with Crippen molar-refractivity contribution in [2.45, 2.75) is 13.0 Å². The van der Waals surface area contributed by atoms with E-state index in [0.717, 1.165) is 16.8 Å². The number of hydrogen-bond donors (Lipinski definition) is 1. The molecule has 0 fully saturated rings. The third-order valence-electron chi connectivity index (χ3n) is 4.29. The number of anilines is 1. The first-order valence-electron chi connectivity index (χ1n) is 8.67. The number of aryl methyl sites for hydroxylation is 1. The normalized spacial score (nSPS) is 11.9. The van der Waals surface area contributed by atoms with Crippen LogP contribution in [0, 0.1) is 12.7 Å². The van der Waals surface area contributed by atoms with Crippen molar-refractivity contribution in [2.75, 3.05) is 5.32 Å². The van der Waals surface area contributed by atoms with Gasteiger partial charge in [0.1, 0.15) is 11.9 Å². The van der Waals surface area contributed by atoms with E-state index < -0.39 is 6.04 Å². The van der Waals surface area contributed by atoms with Gasteiger partial charge in [-0.25, -0.2) is 4.39 Å². The van der Waals surface area contributed by atoms with Gasteiger partial charge in [0.05, 0.1) is 0 Å². The summed E-state index contributed by atoms with van der Waals surface area (Å²) in [5.74, 6) is 0.374. The van der Waals surface area contributed by atoms with E-state index >= 15 is 0 Å². The van der Waals surface area contributed by atoms with Gasteiger partial charge in [-0.15, -0.1) is 10.2 Å². The van der Waals surface area contributed by atoms with Crippen LogP contribution in [-0.2, 0) is 0 Å². The van der Waals surface area contributed by atoms with Gasteiger partial charge in [-0.05, 0) is 37.3 Å². The zero-order valence-electron chi connectivity index (χ0n) is 14.8. The summed E-state index contributed by atoms with van der Waals surface area (Å²) in [5, 5.41) is 11.6. The minimum absolute atomic E-state index is 0.305. The molecular weight excluding hydrogens is 341 g/mol. The summed E-state index contributed by atoms with van der Waals surface area (Å²) in [6, 6.07) is 23.4. The number of benzene rings is 3. The molecule has 5 heteroatoms. The molecule has 27 heavy (non-hydrogen) atoms. The number of hydrogen-bond acceptors (Lipinski definition) is 4. The van der Waals surface area contributed by atoms with Gasteiger partial charge in [0.25, 0.3) is 0 Å². The van der Waals surface area contributed by atoms with Crippen molar-refractivity contribution in [1.82, 2.24) is 10.2 Å². The number of nitrogens with one attached hydrogen (secondary N) is 1. The average molecular weight is 359 g/mol. The number of aromatic nitrogens is 2. The molecule has 0 unspecified atom stereocenters. The van der Waals surface area contributed by atoms with Crippen molar-refractivity contribution < 1.29 is 8.81 Å². The molecule has 0 amide bonds. The number of halogens is 1. The lowest BCUT2D eigenvalue weighted by Gasteiger charge is -2.17. The van der Waals surface area contributed by atoms with Crippen molar-refractivity contribution in [3.8, 4) is 11.5 Å². The molecule has 4 rings (SSSR count). The highest BCUT2D eigenvalue weighted by Crippen LogP contribution is 2.29. The highest BCUT2D eigenvalue weighted by molar-refractivity contribution is 5.53. The fourth-order valence-corrected chi connectivity index (χ4v) is 2.85. The molecule has 0 saturated carbocycles. The van der Waals surface area contributed by atoms with Gasteiger partial charge in [-0.1, -0.05) is 54.1 Å². The number of rotatable bonds is 5. The Morgan fingerprint density at radius 3 is 2.30 bits per heavy atom. The molecular formula is C22H18FN3O. The van der Waals surface area contributed by atoms with Crippen LogP contribution in [0.5, 0.6) is 0 Å². The summed E-state index contributed by atoms with van der Waals surface area (Å²) in [6.45, 7) is 2.02. The molecule has 3 aromatic carbocycles. The highest BCUT2D eigenvalue weighted by atomic mass is 19.1. The molecule has 0 bridgehead atoms. The fraction of sp³-hybridized carbons (Fsp3) is 0.0909. The van der Waals surface area contributed by atoms with Crippen LogP contribution >= 0.6 is 0 Å². The molecule has 4 aromatic rings. The Labute approximate surface area is 156 Å². The molecule has 1 aromatic heterocycles. The Bertz CT molecular complexity index is 1030.